The molecular formula is C14H12F3NO4S2. The fourth-order valence-electron chi connectivity index (χ4n) is 1.65. The second kappa shape index (κ2) is 7.32. The summed E-state index contributed by atoms with van der Waals surface area (Å²) < 4.78 is 67.8. The topological polar surface area (TPSA) is 72.5 Å². The van der Waals surface area contributed by atoms with Gasteiger partial charge < -0.3 is 4.74 Å². The highest BCUT2D eigenvalue weighted by atomic mass is 32.2. The molecule has 0 spiro atoms. The molecule has 2 aromatic rings. The second-order valence-electron chi connectivity index (χ2n) is 4.61. The van der Waals surface area contributed by atoms with Crippen molar-refractivity contribution in [2.45, 2.75) is 17.0 Å². The van der Waals surface area contributed by atoms with Crippen LogP contribution in [0.5, 0.6) is 0 Å². The Kier molecular flexibility index (Phi) is 5.62. The maximum absolute atomic E-state index is 12.4. The minimum absolute atomic E-state index is 0.0676. The van der Waals surface area contributed by atoms with Gasteiger partial charge in [-0.2, -0.15) is 17.9 Å². The first-order chi connectivity index (χ1) is 11.2. The molecule has 1 aromatic carbocycles. The smallest absolute Gasteiger partial charge is 0.416 e. The van der Waals surface area contributed by atoms with Gasteiger partial charge in [-0.1, -0.05) is 18.2 Å². The van der Waals surface area contributed by atoms with Crippen LogP contribution in [0.4, 0.5) is 13.2 Å². The summed E-state index contributed by atoms with van der Waals surface area (Å²) in [5.41, 5.74) is -0.446. The summed E-state index contributed by atoms with van der Waals surface area (Å²) in [6.45, 7) is -0.821. The van der Waals surface area contributed by atoms with Gasteiger partial charge in [0.25, 0.3) is 10.0 Å². The van der Waals surface area contributed by atoms with E-state index in [4.69, 9.17) is 4.74 Å². The predicted octanol–water partition coefficient (Wildman–Crippen LogP) is 2.79. The van der Waals surface area contributed by atoms with E-state index in [2.05, 4.69) is 4.72 Å². The summed E-state index contributed by atoms with van der Waals surface area (Å²) in [5.74, 6) is -0.838. The number of hydrogen-bond donors (Lipinski definition) is 1. The molecule has 0 unspecified atom stereocenters. The van der Waals surface area contributed by atoms with E-state index in [0.29, 0.717) is 5.56 Å². The number of nitrogens with one attached hydrogen (secondary N) is 1. The fraction of sp³-hybridized carbons (Fsp3) is 0.214. The van der Waals surface area contributed by atoms with Crippen LogP contribution in [-0.4, -0.2) is 20.9 Å². The van der Waals surface area contributed by atoms with Crippen molar-refractivity contribution in [3.8, 4) is 0 Å². The Labute approximate surface area is 140 Å². The molecule has 0 amide bonds. The lowest BCUT2D eigenvalue weighted by Crippen LogP contribution is -2.30. The molecule has 5 nitrogen and oxygen atoms in total. The number of carbonyl (C=O) groups is 1. The average Bonchev–Trinajstić information content (AvgIpc) is 3.06. The number of hydrogen-bond acceptors (Lipinski definition) is 5. The van der Waals surface area contributed by atoms with E-state index in [9.17, 15) is 26.4 Å². The van der Waals surface area contributed by atoms with Crippen LogP contribution in [0.1, 0.15) is 11.1 Å². The Balaban J connectivity index is 1.83. The average molecular weight is 379 g/mol. The molecule has 0 radical (unpaired) electrons. The van der Waals surface area contributed by atoms with E-state index in [1.165, 1.54) is 18.2 Å². The van der Waals surface area contributed by atoms with E-state index in [0.717, 1.165) is 23.5 Å². The van der Waals surface area contributed by atoms with Gasteiger partial charge in [-0.15, -0.1) is 11.3 Å². The Hall–Kier alpha value is -1.91. The van der Waals surface area contributed by atoms with Gasteiger partial charge in [0.2, 0.25) is 0 Å². The molecule has 1 N–H and O–H groups in total. The summed E-state index contributed by atoms with van der Waals surface area (Å²) in [7, 11) is -3.77. The van der Waals surface area contributed by atoms with Crippen molar-refractivity contribution in [3.05, 3.63) is 52.9 Å². The molecule has 0 fully saturated rings. The number of ether oxygens (including phenoxy) is 1. The molecule has 1 aromatic heterocycles. The SMILES string of the molecule is O=C(CNS(=O)(=O)c1cccs1)OCc1ccc(C(F)(F)F)cc1. The Morgan fingerprint density at radius 3 is 2.38 bits per heavy atom. The van der Waals surface area contributed by atoms with Crippen molar-refractivity contribution < 1.29 is 31.1 Å². The highest BCUT2D eigenvalue weighted by molar-refractivity contribution is 7.91. The molecule has 0 saturated heterocycles. The molecular weight excluding hydrogens is 367 g/mol. The standard InChI is InChI=1S/C14H12F3NO4S2/c15-14(16,17)11-5-3-10(4-6-11)9-22-12(19)8-18-24(20,21)13-2-1-7-23-13/h1-7,18H,8-9H2. The van der Waals surface area contributed by atoms with E-state index < -0.39 is 34.3 Å². The van der Waals surface area contributed by atoms with Gasteiger partial charge in [0.15, 0.2) is 0 Å². The third-order valence-electron chi connectivity index (χ3n) is 2.85. The van der Waals surface area contributed by atoms with Crippen molar-refractivity contribution in [1.29, 1.82) is 0 Å². The van der Waals surface area contributed by atoms with Gasteiger partial charge in [-0.3, -0.25) is 4.79 Å². The van der Waals surface area contributed by atoms with Crippen LogP contribution in [0.25, 0.3) is 0 Å². The van der Waals surface area contributed by atoms with Crippen molar-refractivity contribution in [3.63, 3.8) is 0 Å². The summed E-state index contributed by atoms with van der Waals surface area (Å²) in [6, 6.07) is 7.08. The third kappa shape index (κ3) is 5.05. The van der Waals surface area contributed by atoms with Crippen molar-refractivity contribution in [2.24, 2.45) is 0 Å². The van der Waals surface area contributed by atoms with E-state index in [1.807, 2.05) is 0 Å². The first-order valence-electron chi connectivity index (χ1n) is 6.53. The molecule has 1 heterocycles. The number of benzene rings is 1. The van der Waals surface area contributed by atoms with Crippen LogP contribution >= 0.6 is 11.3 Å². The monoisotopic (exact) mass is 379 g/mol. The third-order valence-corrected chi connectivity index (χ3v) is 5.65. The number of rotatable bonds is 6. The molecule has 0 aliphatic heterocycles. The zero-order chi connectivity index (χ0) is 17.8. The van der Waals surface area contributed by atoms with Crippen molar-refractivity contribution in [1.82, 2.24) is 4.72 Å². The molecule has 24 heavy (non-hydrogen) atoms. The van der Waals surface area contributed by atoms with Crippen LogP contribution in [0.15, 0.2) is 46.0 Å². The summed E-state index contributed by atoms with van der Waals surface area (Å²) in [4.78, 5) is 11.5. The number of thiophene rings is 1. The van der Waals surface area contributed by atoms with Crippen molar-refractivity contribution in [2.75, 3.05) is 6.54 Å². The van der Waals surface area contributed by atoms with Gasteiger partial charge in [-0.25, -0.2) is 8.42 Å². The lowest BCUT2D eigenvalue weighted by atomic mass is 10.1. The number of alkyl halides is 3. The van der Waals surface area contributed by atoms with Gasteiger partial charge >= 0.3 is 12.1 Å². The predicted molar refractivity (Wildman–Crippen MR) is 80.7 cm³/mol. The Morgan fingerprint density at radius 1 is 1.17 bits per heavy atom. The quantitative estimate of drug-likeness (QED) is 0.784. The van der Waals surface area contributed by atoms with Crippen LogP contribution in [0.2, 0.25) is 0 Å². The molecule has 0 aliphatic rings. The Bertz CT molecular complexity index is 784. The normalized spacial score (nSPS) is 12.1. The molecule has 10 heteroatoms. The fourth-order valence-corrected chi connectivity index (χ4v) is 3.65. The number of sulfonamides is 1. The Morgan fingerprint density at radius 2 is 1.83 bits per heavy atom. The maximum atomic E-state index is 12.4. The highest BCUT2D eigenvalue weighted by Crippen LogP contribution is 2.29. The van der Waals surface area contributed by atoms with Gasteiger partial charge in [-0.05, 0) is 29.1 Å². The second-order valence-corrected chi connectivity index (χ2v) is 7.55. The number of esters is 1. The first-order valence-corrected chi connectivity index (χ1v) is 8.90. The van der Waals surface area contributed by atoms with Crippen molar-refractivity contribution >= 4 is 27.3 Å². The van der Waals surface area contributed by atoms with E-state index >= 15 is 0 Å². The first kappa shape index (κ1) is 18.4. The van der Waals surface area contributed by atoms with Crippen LogP contribution in [0.3, 0.4) is 0 Å². The lowest BCUT2D eigenvalue weighted by molar-refractivity contribution is -0.143. The van der Waals surface area contributed by atoms with Gasteiger partial charge in [0.05, 0.1) is 5.56 Å². The zero-order valence-electron chi connectivity index (χ0n) is 12.0. The number of halogens is 3. The van der Waals surface area contributed by atoms with E-state index in [-0.39, 0.29) is 10.8 Å². The van der Waals surface area contributed by atoms with Gasteiger partial charge in [0, 0.05) is 0 Å². The minimum Gasteiger partial charge on any atom is -0.460 e. The van der Waals surface area contributed by atoms with Crippen LogP contribution in [-0.2, 0) is 32.3 Å². The van der Waals surface area contributed by atoms with Crippen LogP contribution in [0, 0.1) is 0 Å². The molecule has 0 atom stereocenters. The molecule has 0 saturated carbocycles. The molecule has 130 valence electrons. The largest absolute Gasteiger partial charge is 0.460 e. The summed E-state index contributed by atoms with van der Waals surface area (Å²) >= 11 is 1.00. The summed E-state index contributed by atoms with van der Waals surface area (Å²) in [6.07, 6.45) is -4.44. The molecule has 0 bridgehead atoms. The van der Waals surface area contributed by atoms with Gasteiger partial charge in [0.1, 0.15) is 17.4 Å². The minimum atomic E-state index is -4.44. The molecule has 2 rings (SSSR count). The summed E-state index contributed by atoms with van der Waals surface area (Å²) in [5, 5.41) is 1.58. The zero-order valence-corrected chi connectivity index (χ0v) is 13.7. The molecule has 0 aliphatic carbocycles. The maximum Gasteiger partial charge on any atom is 0.416 e. The lowest BCUT2D eigenvalue weighted by Gasteiger charge is -2.09. The van der Waals surface area contributed by atoms with Crippen LogP contribution < -0.4 is 4.72 Å². The highest BCUT2D eigenvalue weighted by Gasteiger charge is 2.29. The van der Waals surface area contributed by atoms with E-state index in [1.54, 1.807) is 11.4 Å². The number of carbonyl (C=O) groups excluding carboxylic acids is 1.